The van der Waals surface area contributed by atoms with Gasteiger partial charge in [-0.3, -0.25) is 4.99 Å². The highest BCUT2D eigenvalue weighted by Crippen LogP contribution is 1.89. The maximum absolute atomic E-state index is 5.47. The minimum atomic E-state index is 0.831. The lowest BCUT2D eigenvalue weighted by atomic mass is 10.4. The Balaban J connectivity index is 3.28. The van der Waals surface area contributed by atoms with Crippen LogP contribution < -0.4 is 10.6 Å². The van der Waals surface area contributed by atoms with Crippen LogP contribution in [0.1, 0.15) is 39.5 Å². The molecule has 0 atom stereocenters. The summed E-state index contributed by atoms with van der Waals surface area (Å²) in [4.78, 5) is 4.13. The quantitative estimate of drug-likeness (QED) is 0.360. The van der Waals surface area contributed by atoms with Crippen molar-refractivity contribution in [2.24, 2.45) is 4.99 Å². The van der Waals surface area contributed by atoms with Crippen molar-refractivity contribution in [3.8, 4) is 0 Å². The van der Waals surface area contributed by atoms with Gasteiger partial charge < -0.3 is 15.4 Å². The van der Waals surface area contributed by atoms with E-state index < -0.39 is 0 Å². The molecule has 4 heteroatoms. The smallest absolute Gasteiger partial charge is 0.190 e. The fourth-order valence-electron chi connectivity index (χ4n) is 1.19. The number of nitrogens with zero attached hydrogens (tertiary/aromatic N) is 1. The molecule has 0 spiro atoms. The molecule has 0 bridgehead atoms. The predicted molar refractivity (Wildman–Crippen MR) is 70.0 cm³/mol. The molecule has 96 valence electrons. The highest BCUT2D eigenvalue weighted by atomic mass is 16.5. The normalized spacial score (nSPS) is 11.6. The lowest BCUT2D eigenvalue weighted by molar-refractivity contribution is 0.129. The topological polar surface area (TPSA) is 45.6 Å². The molecule has 16 heavy (non-hydrogen) atoms. The molecule has 0 amide bonds. The average Bonchev–Trinajstić information content (AvgIpc) is 2.32. The Morgan fingerprint density at radius 2 is 1.69 bits per heavy atom. The van der Waals surface area contributed by atoms with E-state index in [1.54, 1.807) is 7.05 Å². The zero-order valence-corrected chi connectivity index (χ0v) is 11.0. The molecule has 0 fully saturated rings. The van der Waals surface area contributed by atoms with E-state index >= 15 is 0 Å². The maximum atomic E-state index is 5.47. The van der Waals surface area contributed by atoms with Crippen molar-refractivity contribution in [2.45, 2.75) is 39.5 Å². The minimum Gasteiger partial charge on any atom is -0.381 e. The lowest BCUT2D eigenvalue weighted by Crippen LogP contribution is -2.38. The molecule has 0 radical (unpaired) electrons. The molecule has 0 unspecified atom stereocenters. The third kappa shape index (κ3) is 9.77. The molecule has 0 saturated heterocycles. The molecule has 0 aliphatic heterocycles. The zero-order chi connectivity index (χ0) is 12.1. The monoisotopic (exact) mass is 229 g/mol. The van der Waals surface area contributed by atoms with Gasteiger partial charge in [-0.2, -0.15) is 0 Å². The van der Waals surface area contributed by atoms with Crippen LogP contribution in [0, 0.1) is 0 Å². The van der Waals surface area contributed by atoms with E-state index in [4.69, 9.17) is 4.74 Å². The number of aliphatic imine (C=N–C) groups is 1. The van der Waals surface area contributed by atoms with Crippen LogP contribution in [0.15, 0.2) is 4.99 Å². The van der Waals surface area contributed by atoms with Crippen LogP contribution >= 0.6 is 0 Å². The molecule has 0 heterocycles. The van der Waals surface area contributed by atoms with Gasteiger partial charge in [-0.25, -0.2) is 0 Å². The average molecular weight is 229 g/mol. The summed E-state index contributed by atoms with van der Waals surface area (Å²) in [5.74, 6) is 0.885. The first-order valence-corrected chi connectivity index (χ1v) is 6.37. The van der Waals surface area contributed by atoms with Crippen molar-refractivity contribution >= 4 is 5.96 Å². The van der Waals surface area contributed by atoms with Gasteiger partial charge in [0.05, 0.1) is 0 Å². The van der Waals surface area contributed by atoms with Crippen molar-refractivity contribution in [3.05, 3.63) is 0 Å². The third-order valence-electron chi connectivity index (χ3n) is 2.17. The molecular formula is C12H27N3O. The van der Waals surface area contributed by atoms with Gasteiger partial charge in [0.1, 0.15) is 0 Å². The van der Waals surface area contributed by atoms with Gasteiger partial charge >= 0.3 is 0 Å². The number of hydrogen-bond acceptors (Lipinski definition) is 2. The van der Waals surface area contributed by atoms with Crippen LogP contribution in [-0.4, -0.2) is 39.3 Å². The minimum absolute atomic E-state index is 0.831. The van der Waals surface area contributed by atoms with Gasteiger partial charge in [0.25, 0.3) is 0 Å². The summed E-state index contributed by atoms with van der Waals surface area (Å²) in [5, 5.41) is 6.48. The van der Waals surface area contributed by atoms with E-state index in [0.29, 0.717) is 0 Å². The zero-order valence-electron chi connectivity index (χ0n) is 11.0. The summed E-state index contributed by atoms with van der Waals surface area (Å²) in [6.45, 7) is 7.91. The van der Waals surface area contributed by atoms with E-state index in [-0.39, 0.29) is 0 Å². The number of unbranched alkanes of at least 4 members (excludes halogenated alkanes) is 1. The SMILES string of the molecule is CCCCOCCCNC(=NC)NCCC. The van der Waals surface area contributed by atoms with E-state index in [1.807, 2.05) is 0 Å². The Labute approximate surface area is 99.9 Å². The Kier molecular flexibility index (Phi) is 11.7. The molecule has 0 aromatic rings. The second-order valence-electron chi connectivity index (χ2n) is 3.75. The van der Waals surface area contributed by atoms with Crippen molar-refractivity contribution < 1.29 is 4.74 Å². The fourth-order valence-corrected chi connectivity index (χ4v) is 1.19. The van der Waals surface area contributed by atoms with Crippen LogP contribution in [0.5, 0.6) is 0 Å². The van der Waals surface area contributed by atoms with E-state index in [0.717, 1.165) is 51.5 Å². The van der Waals surface area contributed by atoms with Crippen LogP contribution in [0.25, 0.3) is 0 Å². The summed E-state index contributed by atoms with van der Waals surface area (Å²) in [6.07, 6.45) is 4.50. The molecule has 0 aromatic carbocycles. The summed E-state index contributed by atoms with van der Waals surface area (Å²) in [5.41, 5.74) is 0. The summed E-state index contributed by atoms with van der Waals surface area (Å²) >= 11 is 0. The van der Waals surface area contributed by atoms with Crippen LogP contribution in [-0.2, 0) is 4.74 Å². The molecule has 4 nitrogen and oxygen atoms in total. The molecule has 0 aromatic heterocycles. The summed E-state index contributed by atoms with van der Waals surface area (Å²) in [7, 11) is 1.79. The van der Waals surface area contributed by atoms with Gasteiger partial charge in [0, 0.05) is 33.4 Å². The molecule has 0 rings (SSSR count). The number of ether oxygens (including phenoxy) is 1. The second kappa shape index (κ2) is 12.3. The standard InChI is InChI=1S/C12H27N3O/c1-4-6-10-16-11-7-9-15-12(13-3)14-8-5-2/h4-11H2,1-3H3,(H2,13,14,15). The molecule has 2 N–H and O–H groups in total. The molecular weight excluding hydrogens is 202 g/mol. The molecule has 0 aliphatic carbocycles. The number of guanidine groups is 1. The van der Waals surface area contributed by atoms with Gasteiger partial charge in [-0.05, 0) is 19.3 Å². The maximum Gasteiger partial charge on any atom is 0.190 e. The molecule has 0 aliphatic rings. The Bertz CT molecular complexity index is 172. The Morgan fingerprint density at radius 1 is 1.00 bits per heavy atom. The lowest BCUT2D eigenvalue weighted by Gasteiger charge is -2.10. The number of nitrogens with one attached hydrogen (secondary N) is 2. The van der Waals surface area contributed by atoms with E-state index in [9.17, 15) is 0 Å². The van der Waals surface area contributed by atoms with Crippen molar-refractivity contribution in [1.29, 1.82) is 0 Å². The van der Waals surface area contributed by atoms with E-state index in [1.165, 1.54) is 6.42 Å². The number of hydrogen-bond donors (Lipinski definition) is 2. The summed E-state index contributed by atoms with van der Waals surface area (Å²) in [6, 6.07) is 0. The highest BCUT2D eigenvalue weighted by Gasteiger charge is 1.94. The van der Waals surface area contributed by atoms with Crippen molar-refractivity contribution in [3.63, 3.8) is 0 Å². The fraction of sp³-hybridized carbons (Fsp3) is 0.917. The van der Waals surface area contributed by atoms with Crippen molar-refractivity contribution in [2.75, 3.05) is 33.4 Å². The largest absolute Gasteiger partial charge is 0.381 e. The Morgan fingerprint density at radius 3 is 2.31 bits per heavy atom. The number of rotatable bonds is 9. The second-order valence-corrected chi connectivity index (χ2v) is 3.75. The van der Waals surface area contributed by atoms with E-state index in [2.05, 4.69) is 29.5 Å². The van der Waals surface area contributed by atoms with Crippen LogP contribution in [0.2, 0.25) is 0 Å². The summed E-state index contributed by atoms with van der Waals surface area (Å²) < 4.78 is 5.47. The first kappa shape index (κ1) is 15.2. The van der Waals surface area contributed by atoms with Crippen LogP contribution in [0.3, 0.4) is 0 Å². The molecule has 0 saturated carbocycles. The Hall–Kier alpha value is -0.770. The predicted octanol–water partition coefficient (Wildman–Crippen LogP) is 1.77. The van der Waals surface area contributed by atoms with Crippen molar-refractivity contribution in [1.82, 2.24) is 10.6 Å². The van der Waals surface area contributed by atoms with Gasteiger partial charge in [0.15, 0.2) is 5.96 Å². The van der Waals surface area contributed by atoms with Crippen LogP contribution in [0.4, 0.5) is 0 Å². The first-order valence-electron chi connectivity index (χ1n) is 6.37. The first-order chi connectivity index (χ1) is 7.85. The van der Waals surface area contributed by atoms with Gasteiger partial charge in [-0.1, -0.05) is 20.3 Å². The third-order valence-corrected chi connectivity index (χ3v) is 2.17. The highest BCUT2D eigenvalue weighted by molar-refractivity contribution is 5.79. The van der Waals surface area contributed by atoms with Gasteiger partial charge in [-0.15, -0.1) is 0 Å². The van der Waals surface area contributed by atoms with Gasteiger partial charge in [0.2, 0.25) is 0 Å².